The van der Waals surface area contributed by atoms with E-state index >= 15 is 0 Å². The molecule has 0 saturated heterocycles. The van der Waals surface area contributed by atoms with Gasteiger partial charge in [-0.05, 0) is 53.9 Å². The molecule has 1 fully saturated rings. The van der Waals surface area contributed by atoms with Gasteiger partial charge in [-0.15, -0.1) is 0 Å². The normalized spacial score (nSPS) is 49.7. The van der Waals surface area contributed by atoms with Crippen molar-refractivity contribution in [2.24, 2.45) is 29.1 Å². The minimum absolute atomic E-state index is 0.129. The predicted octanol–water partition coefficient (Wildman–Crippen LogP) is 3.39. The van der Waals surface area contributed by atoms with Gasteiger partial charge >= 0.3 is 0 Å². The molecular weight excluding hydrogens is 196 g/mol. The van der Waals surface area contributed by atoms with Crippen molar-refractivity contribution in [1.29, 1.82) is 0 Å². The van der Waals surface area contributed by atoms with Crippen LogP contribution in [0.15, 0.2) is 11.1 Å². The topological polar surface area (TPSA) is 20.2 Å². The summed E-state index contributed by atoms with van der Waals surface area (Å²) in [5.41, 5.74) is 3.61. The van der Waals surface area contributed by atoms with Gasteiger partial charge in [0.05, 0.1) is 6.10 Å². The Balaban J connectivity index is 2.05. The highest BCUT2D eigenvalue weighted by atomic mass is 16.3. The first-order chi connectivity index (χ1) is 7.44. The largest absolute Gasteiger partial charge is 0.389 e. The number of hydrogen-bond acceptors (Lipinski definition) is 1. The van der Waals surface area contributed by atoms with Crippen molar-refractivity contribution in [1.82, 2.24) is 0 Å². The van der Waals surface area contributed by atoms with Crippen LogP contribution >= 0.6 is 0 Å². The quantitative estimate of drug-likeness (QED) is 0.620. The zero-order valence-electron chi connectivity index (χ0n) is 11.0. The molecule has 1 N–H and O–H groups in total. The van der Waals surface area contributed by atoms with E-state index in [1.807, 2.05) is 0 Å². The highest BCUT2D eigenvalue weighted by molar-refractivity contribution is 5.38. The molecule has 0 radical (unpaired) electrons. The Bertz CT molecular complexity index is 352. The Morgan fingerprint density at radius 2 is 1.75 bits per heavy atom. The van der Waals surface area contributed by atoms with E-state index in [9.17, 15) is 5.11 Å². The van der Waals surface area contributed by atoms with E-state index in [4.69, 9.17) is 0 Å². The lowest BCUT2D eigenvalue weighted by molar-refractivity contribution is 0.190. The monoisotopic (exact) mass is 220 g/mol. The summed E-state index contributed by atoms with van der Waals surface area (Å²) in [7, 11) is 0. The molecule has 0 heterocycles. The fourth-order valence-corrected chi connectivity index (χ4v) is 4.65. The summed E-state index contributed by atoms with van der Waals surface area (Å²) >= 11 is 0. The molecule has 0 aromatic carbocycles. The molecule has 90 valence electrons. The van der Waals surface area contributed by atoms with Gasteiger partial charge in [-0.25, -0.2) is 0 Å². The maximum absolute atomic E-state index is 10.2. The molecule has 3 aliphatic rings. The van der Waals surface area contributed by atoms with Crippen LogP contribution in [0.4, 0.5) is 0 Å². The smallest absolute Gasteiger partial charge is 0.0761 e. The second kappa shape index (κ2) is 3.13. The maximum Gasteiger partial charge on any atom is 0.0761 e. The van der Waals surface area contributed by atoms with Gasteiger partial charge in [0.1, 0.15) is 0 Å². The van der Waals surface area contributed by atoms with E-state index in [1.54, 1.807) is 5.57 Å². The standard InChI is InChI=1S/C15H24O/c1-8-5-6-10-14(15(10,3)4)13-9(2)7-11(16)12(8)13/h8-11,14,16H,5-7H2,1-4H3/t8-,9-,10-,11-,14-/m0/s1. The van der Waals surface area contributed by atoms with Gasteiger partial charge in [0.25, 0.3) is 0 Å². The van der Waals surface area contributed by atoms with E-state index in [1.165, 1.54) is 18.4 Å². The average Bonchev–Trinajstić information content (AvgIpc) is 2.65. The molecule has 16 heavy (non-hydrogen) atoms. The van der Waals surface area contributed by atoms with E-state index in [0.717, 1.165) is 18.3 Å². The van der Waals surface area contributed by atoms with Crippen LogP contribution in [0, 0.1) is 29.1 Å². The maximum atomic E-state index is 10.2. The summed E-state index contributed by atoms with van der Waals surface area (Å²) in [6, 6.07) is 0. The van der Waals surface area contributed by atoms with Crippen molar-refractivity contribution in [2.75, 3.05) is 0 Å². The summed E-state index contributed by atoms with van der Waals surface area (Å²) in [4.78, 5) is 0. The first-order valence-electron chi connectivity index (χ1n) is 6.86. The third-order valence-corrected chi connectivity index (χ3v) is 5.63. The van der Waals surface area contributed by atoms with Crippen LogP contribution in [-0.2, 0) is 0 Å². The van der Waals surface area contributed by atoms with Crippen LogP contribution in [-0.4, -0.2) is 11.2 Å². The highest BCUT2D eigenvalue weighted by Crippen LogP contribution is 2.68. The fourth-order valence-electron chi connectivity index (χ4n) is 4.65. The third kappa shape index (κ3) is 1.21. The first-order valence-corrected chi connectivity index (χ1v) is 6.86. The van der Waals surface area contributed by atoms with Crippen molar-refractivity contribution in [3.8, 4) is 0 Å². The van der Waals surface area contributed by atoms with Crippen molar-refractivity contribution >= 4 is 0 Å². The molecule has 5 atom stereocenters. The Morgan fingerprint density at radius 1 is 1.06 bits per heavy atom. The van der Waals surface area contributed by atoms with E-state index in [-0.39, 0.29) is 6.10 Å². The molecule has 0 aliphatic heterocycles. The molecule has 1 heteroatoms. The first kappa shape index (κ1) is 10.8. The van der Waals surface area contributed by atoms with Crippen LogP contribution in [0.1, 0.15) is 47.0 Å². The Morgan fingerprint density at radius 3 is 2.44 bits per heavy atom. The zero-order chi connectivity index (χ0) is 11.7. The molecule has 3 aliphatic carbocycles. The molecule has 0 aromatic rings. The molecular formula is C15H24O. The SMILES string of the molecule is C[C@H]1C[C@H](O)C2=C1[C@@H]1[C@H](CC[C@@H]2C)C1(C)C. The molecule has 3 rings (SSSR count). The van der Waals surface area contributed by atoms with Crippen molar-refractivity contribution in [3.63, 3.8) is 0 Å². The van der Waals surface area contributed by atoms with Gasteiger partial charge in [-0.2, -0.15) is 0 Å². The number of aliphatic hydroxyl groups is 1. The van der Waals surface area contributed by atoms with Crippen molar-refractivity contribution in [3.05, 3.63) is 11.1 Å². The number of aliphatic hydroxyl groups excluding tert-OH is 1. The van der Waals surface area contributed by atoms with Gasteiger partial charge in [0.2, 0.25) is 0 Å². The third-order valence-electron chi connectivity index (χ3n) is 5.63. The molecule has 0 bridgehead atoms. The molecule has 0 unspecified atom stereocenters. The van der Waals surface area contributed by atoms with Crippen LogP contribution < -0.4 is 0 Å². The average molecular weight is 220 g/mol. The van der Waals surface area contributed by atoms with Gasteiger partial charge in [-0.1, -0.05) is 33.3 Å². The second-order valence-corrected chi connectivity index (χ2v) is 6.95. The lowest BCUT2D eigenvalue weighted by Gasteiger charge is -2.19. The minimum Gasteiger partial charge on any atom is -0.389 e. The number of fused-ring (bicyclic) bond motifs is 2. The summed E-state index contributed by atoms with van der Waals surface area (Å²) in [6.07, 6.45) is 3.50. The zero-order valence-corrected chi connectivity index (χ0v) is 11.0. The predicted molar refractivity (Wildman–Crippen MR) is 66.0 cm³/mol. The summed E-state index contributed by atoms with van der Waals surface area (Å²) < 4.78 is 0. The van der Waals surface area contributed by atoms with Crippen LogP contribution in [0.2, 0.25) is 0 Å². The number of allylic oxidation sites excluding steroid dienone is 1. The Kier molecular flexibility index (Phi) is 2.12. The summed E-state index contributed by atoms with van der Waals surface area (Å²) in [5, 5.41) is 10.2. The van der Waals surface area contributed by atoms with Gasteiger partial charge in [0, 0.05) is 0 Å². The number of hydrogen-bond donors (Lipinski definition) is 1. The molecule has 0 amide bonds. The van der Waals surface area contributed by atoms with Crippen LogP contribution in [0.5, 0.6) is 0 Å². The van der Waals surface area contributed by atoms with E-state index in [2.05, 4.69) is 27.7 Å². The fraction of sp³-hybridized carbons (Fsp3) is 0.867. The van der Waals surface area contributed by atoms with Crippen LogP contribution in [0.25, 0.3) is 0 Å². The summed E-state index contributed by atoms with van der Waals surface area (Å²) in [5.74, 6) is 2.94. The second-order valence-electron chi connectivity index (χ2n) is 6.95. The Hall–Kier alpha value is -0.300. The lowest BCUT2D eigenvalue weighted by Crippen LogP contribution is -2.13. The van der Waals surface area contributed by atoms with Crippen molar-refractivity contribution in [2.45, 2.75) is 53.1 Å². The van der Waals surface area contributed by atoms with Gasteiger partial charge < -0.3 is 5.11 Å². The molecule has 0 spiro atoms. The highest BCUT2D eigenvalue weighted by Gasteiger charge is 2.61. The van der Waals surface area contributed by atoms with Crippen LogP contribution in [0.3, 0.4) is 0 Å². The van der Waals surface area contributed by atoms with Gasteiger partial charge in [-0.3, -0.25) is 0 Å². The van der Waals surface area contributed by atoms with Crippen molar-refractivity contribution < 1.29 is 5.11 Å². The minimum atomic E-state index is -0.129. The molecule has 1 nitrogen and oxygen atoms in total. The van der Waals surface area contributed by atoms with E-state index in [0.29, 0.717) is 17.3 Å². The van der Waals surface area contributed by atoms with E-state index < -0.39 is 0 Å². The Labute approximate surface area is 98.9 Å². The molecule has 1 saturated carbocycles. The number of rotatable bonds is 0. The van der Waals surface area contributed by atoms with Gasteiger partial charge in [0.15, 0.2) is 0 Å². The summed E-state index contributed by atoms with van der Waals surface area (Å²) in [6.45, 7) is 9.46. The molecule has 0 aromatic heterocycles. The lowest BCUT2D eigenvalue weighted by atomic mass is 9.88.